The Labute approximate surface area is 148 Å². The molecule has 1 atom stereocenters. The summed E-state index contributed by atoms with van der Waals surface area (Å²) in [6.45, 7) is 1.95. The number of hydrogen-bond donors (Lipinski definition) is 0. The van der Waals surface area contributed by atoms with Crippen LogP contribution in [-0.4, -0.2) is 28.2 Å². The van der Waals surface area contributed by atoms with Gasteiger partial charge < -0.3 is 0 Å². The molecule has 0 saturated heterocycles. The van der Waals surface area contributed by atoms with Gasteiger partial charge in [-0.25, -0.2) is 0 Å². The topological polar surface area (TPSA) is 51.2 Å². The Morgan fingerprint density at radius 2 is 1.96 bits per heavy atom. The Kier molecular flexibility index (Phi) is 4.90. The van der Waals surface area contributed by atoms with E-state index >= 15 is 0 Å². The van der Waals surface area contributed by atoms with E-state index < -0.39 is 11.7 Å². The van der Waals surface area contributed by atoms with Crippen molar-refractivity contribution in [2.24, 2.45) is 5.92 Å². The average molecular weight is 369 g/mol. The summed E-state index contributed by atoms with van der Waals surface area (Å²) < 4.78 is 0.393. The zero-order chi connectivity index (χ0) is 16.7. The summed E-state index contributed by atoms with van der Waals surface area (Å²) in [5, 5.41) is 0.422. The first-order chi connectivity index (χ1) is 10.9. The van der Waals surface area contributed by atoms with Crippen molar-refractivity contribution in [2.45, 2.75) is 42.1 Å². The third-order valence-corrected chi connectivity index (χ3v) is 7.62. The van der Waals surface area contributed by atoms with E-state index in [0.717, 1.165) is 22.4 Å². The van der Waals surface area contributed by atoms with E-state index in [1.807, 2.05) is 6.92 Å². The van der Waals surface area contributed by atoms with Crippen molar-refractivity contribution < 1.29 is 14.4 Å². The van der Waals surface area contributed by atoms with Crippen LogP contribution in [0.1, 0.15) is 40.7 Å². The summed E-state index contributed by atoms with van der Waals surface area (Å²) in [5.74, 6) is -2.11. The zero-order valence-electron chi connectivity index (χ0n) is 13.0. The Bertz CT molecular complexity index is 698. The predicted molar refractivity (Wildman–Crippen MR) is 94.7 cm³/mol. The van der Waals surface area contributed by atoms with E-state index in [9.17, 15) is 14.4 Å². The minimum Gasteiger partial charge on any atom is -0.298 e. The smallest absolute Gasteiger partial charge is 0.182 e. The molecule has 1 fully saturated rings. The predicted octanol–water partition coefficient (Wildman–Crippen LogP) is 4.11. The number of hydrogen-bond acceptors (Lipinski definition) is 5. The lowest BCUT2D eigenvalue weighted by Gasteiger charge is -2.20. The van der Waals surface area contributed by atoms with Gasteiger partial charge in [-0.1, -0.05) is 11.6 Å². The molecule has 0 radical (unpaired) electrons. The van der Waals surface area contributed by atoms with E-state index in [1.54, 1.807) is 29.6 Å². The SMILES string of the molecule is CSC1Cc2c(Cl)c(C(=O)C3C(=O)CCCC3=O)cc(C)c2S1. The number of benzene rings is 1. The van der Waals surface area contributed by atoms with E-state index in [-0.39, 0.29) is 11.6 Å². The van der Waals surface area contributed by atoms with Gasteiger partial charge in [0.25, 0.3) is 0 Å². The van der Waals surface area contributed by atoms with E-state index in [4.69, 9.17) is 11.6 Å². The van der Waals surface area contributed by atoms with Crippen LogP contribution in [-0.2, 0) is 16.0 Å². The largest absolute Gasteiger partial charge is 0.298 e. The number of thioether (sulfide) groups is 2. The minimum atomic E-state index is -1.15. The van der Waals surface area contributed by atoms with E-state index in [0.29, 0.717) is 34.4 Å². The Hall–Kier alpha value is -0.780. The molecule has 0 aromatic heterocycles. The van der Waals surface area contributed by atoms with Gasteiger partial charge in [0, 0.05) is 23.3 Å². The molecule has 1 saturated carbocycles. The van der Waals surface area contributed by atoms with Gasteiger partial charge in [0.15, 0.2) is 17.3 Å². The third kappa shape index (κ3) is 2.99. The van der Waals surface area contributed by atoms with Crippen molar-refractivity contribution >= 4 is 52.5 Å². The number of aryl methyl sites for hydroxylation is 1. The fraction of sp³-hybridized carbons (Fsp3) is 0.471. The number of carbonyl (C=O) groups excluding carboxylic acids is 3. The lowest BCUT2D eigenvalue weighted by atomic mass is 9.81. The highest BCUT2D eigenvalue weighted by molar-refractivity contribution is 8.17. The number of rotatable bonds is 3. The molecule has 0 N–H and O–H groups in total. The molecule has 3 nitrogen and oxygen atoms in total. The van der Waals surface area contributed by atoms with Crippen molar-refractivity contribution in [3.63, 3.8) is 0 Å². The summed E-state index contributed by atoms with van der Waals surface area (Å²) in [6.07, 6.45) is 4.00. The zero-order valence-corrected chi connectivity index (χ0v) is 15.4. The highest BCUT2D eigenvalue weighted by atomic mass is 35.5. The van der Waals surface area contributed by atoms with Gasteiger partial charge in [0.1, 0.15) is 5.92 Å². The second-order valence-corrected chi connectivity index (χ2v) is 8.86. The van der Waals surface area contributed by atoms with Gasteiger partial charge in [-0.3, -0.25) is 14.4 Å². The number of halogens is 1. The van der Waals surface area contributed by atoms with Crippen molar-refractivity contribution in [1.82, 2.24) is 0 Å². The molecule has 2 aliphatic rings. The molecule has 1 heterocycles. The molecule has 1 aliphatic heterocycles. The molecule has 0 spiro atoms. The van der Waals surface area contributed by atoms with Gasteiger partial charge in [0.2, 0.25) is 0 Å². The summed E-state index contributed by atoms with van der Waals surface area (Å²) in [7, 11) is 0. The lowest BCUT2D eigenvalue weighted by Crippen LogP contribution is -2.35. The Balaban J connectivity index is 2.01. The highest BCUT2D eigenvalue weighted by Crippen LogP contribution is 2.47. The average Bonchev–Trinajstić information content (AvgIpc) is 2.96. The summed E-state index contributed by atoms with van der Waals surface area (Å²) in [4.78, 5) is 38.0. The normalized spacial score (nSPS) is 21.6. The molecule has 1 aromatic carbocycles. The molecule has 0 bridgehead atoms. The first-order valence-electron chi connectivity index (χ1n) is 7.55. The molecule has 1 aliphatic carbocycles. The highest BCUT2D eigenvalue weighted by Gasteiger charge is 2.38. The van der Waals surface area contributed by atoms with Crippen molar-refractivity contribution in [2.75, 3.05) is 6.26 Å². The van der Waals surface area contributed by atoms with E-state index in [1.165, 1.54) is 0 Å². The van der Waals surface area contributed by atoms with Crippen LogP contribution in [0.25, 0.3) is 0 Å². The van der Waals surface area contributed by atoms with Crippen LogP contribution in [0.4, 0.5) is 0 Å². The first kappa shape index (κ1) is 17.1. The maximum Gasteiger partial charge on any atom is 0.182 e. The van der Waals surface area contributed by atoms with Crippen molar-refractivity contribution in [1.29, 1.82) is 0 Å². The van der Waals surface area contributed by atoms with Crippen LogP contribution in [0.2, 0.25) is 5.02 Å². The molecular formula is C17H17ClO3S2. The summed E-state index contributed by atoms with van der Waals surface area (Å²) >= 11 is 10.0. The van der Waals surface area contributed by atoms with E-state index in [2.05, 4.69) is 6.26 Å². The van der Waals surface area contributed by atoms with Crippen molar-refractivity contribution in [3.05, 3.63) is 27.8 Å². The summed E-state index contributed by atoms with van der Waals surface area (Å²) in [5.41, 5.74) is 2.30. The second kappa shape index (κ2) is 6.61. The van der Waals surface area contributed by atoms with Crippen LogP contribution in [0.15, 0.2) is 11.0 Å². The lowest BCUT2D eigenvalue weighted by molar-refractivity contribution is -0.133. The van der Waals surface area contributed by atoms with Crippen molar-refractivity contribution in [3.8, 4) is 0 Å². The Morgan fingerprint density at radius 3 is 2.57 bits per heavy atom. The van der Waals surface area contributed by atoms with Gasteiger partial charge in [-0.15, -0.1) is 11.8 Å². The third-order valence-electron chi connectivity index (χ3n) is 4.40. The van der Waals surface area contributed by atoms with Crippen LogP contribution >= 0.6 is 35.1 Å². The molecule has 6 heteroatoms. The monoisotopic (exact) mass is 368 g/mol. The van der Waals surface area contributed by atoms with Gasteiger partial charge >= 0.3 is 0 Å². The maximum absolute atomic E-state index is 12.8. The molecule has 23 heavy (non-hydrogen) atoms. The molecular weight excluding hydrogens is 352 g/mol. The Morgan fingerprint density at radius 1 is 1.30 bits per heavy atom. The van der Waals surface area contributed by atoms with Crippen LogP contribution in [0.5, 0.6) is 0 Å². The number of fused-ring (bicyclic) bond motifs is 1. The standard InChI is InChI=1S/C17H17ClO3S2/c1-8-6-9(15(18)10-7-13(22-2)23-17(8)10)16(21)14-11(19)4-3-5-12(14)20/h6,13-14H,3-5,7H2,1-2H3. The minimum absolute atomic E-state index is 0.267. The fourth-order valence-electron chi connectivity index (χ4n) is 3.20. The molecule has 122 valence electrons. The summed E-state index contributed by atoms with van der Waals surface area (Å²) in [6, 6.07) is 1.74. The quantitative estimate of drug-likeness (QED) is 0.593. The van der Waals surface area contributed by atoms with Crippen LogP contribution in [0.3, 0.4) is 0 Å². The van der Waals surface area contributed by atoms with Crippen LogP contribution < -0.4 is 0 Å². The number of carbonyl (C=O) groups is 3. The molecule has 1 aromatic rings. The van der Waals surface area contributed by atoms with Gasteiger partial charge in [0.05, 0.1) is 9.60 Å². The van der Waals surface area contributed by atoms with Gasteiger partial charge in [-0.2, -0.15) is 11.8 Å². The second-order valence-electron chi connectivity index (χ2n) is 5.93. The molecule has 0 amide bonds. The number of ketones is 3. The molecule has 1 unspecified atom stereocenters. The van der Waals surface area contributed by atoms with Gasteiger partial charge in [-0.05, 0) is 43.2 Å². The molecule has 3 rings (SSSR count). The maximum atomic E-state index is 12.8. The number of Topliss-reactive ketones (excluding diaryl/α,β-unsaturated/α-hetero) is 3. The van der Waals surface area contributed by atoms with Crippen LogP contribution in [0, 0.1) is 12.8 Å². The fourth-order valence-corrected chi connectivity index (χ4v) is 5.66. The first-order valence-corrected chi connectivity index (χ1v) is 10.1.